The highest BCUT2D eigenvalue weighted by Gasteiger charge is 2.12. The zero-order chi connectivity index (χ0) is 18.8. The van der Waals surface area contributed by atoms with E-state index >= 15 is 0 Å². The van der Waals surface area contributed by atoms with Gasteiger partial charge in [-0.2, -0.15) is 0 Å². The molecule has 0 fully saturated rings. The number of para-hydroxylation sites is 1. The Balaban J connectivity index is 1.98. The summed E-state index contributed by atoms with van der Waals surface area (Å²) in [5.74, 6) is 0. The van der Waals surface area contributed by atoms with Crippen LogP contribution in [0.2, 0.25) is 0 Å². The van der Waals surface area contributed by atoms with Crippen molar-refractivity contribution in [3.63, 3.8) is 0 Å². The van der Waals surface area contributed by atoms with Crippen LogP contribution in [-0.2, 0) is 0 Å². The summed E-state index contributed by atoms with van der Waals surface area (Å²) in [5.41, 5.74) is 7.21. The standard InChI is InChI=1S/C24H22N2S/c1-17-14-18(2)23(19(3)15-17)26-16-22(20-10-6-4-7-11-20)27-24(26)25-21-12-8-5-9-13-21/h4-16H,1-3H3. The molecule has 3 heteroatoms. The number of aromatic nitrogens is 1. The molecule has 0 radical (unpaired) electrons. The van der Waals surface area contributed by atoms with E-state index in [9.17, 15) is 0 Å². The lowest BCUT2D eigenvalue weighted by atomic mass is 10.1. The Labute approximate surface area is 164 Å². The van der Waals surface area contributed by atoms with E-state index in [2.05, 4.69) is 74.0 Å². The van der Waals surface area contributed by atoms with E-state index in [1.54, 1.807) is 11.3 Å². The van der Waals surface area contributed by atoms with Gasteiger partial charge in [-0.3, -0.25) is 4.57 Å². The summed E-state index contributed by atoms with van der Waals surface area (Å²) >= 11 is 1.72. The minimum absolute atomic E-state index is 0.968. The van der Waals surface area contributed by atoms with Gasteiger partial charge in [0.05, 0.1) is 16.3 Å². The molecule has 3 aromatic carbocycles. The second-order valence-corrected chi connectivity index (χ2v) is 7.82. The molecule has 1 aromatic heterocycles. The van der Waals surface area contributed by atoms with Crippen LogP contribution in [0.25, 0.3) is 16.1 Å². The maximum absolute atomic E-state index is 4.95. The molecule has 0 aliphatic carbocycles. The van der Waals surface area contributed by atoms with E-state index in [0.29, 0.717) is 0 Å². The summed E-state index contributed by atoms with van der Waals surface area (Å²) in [6.07, 6.45) is 2.21. The van der Waals surface area contributed by atoms with E-state index < -0.39 is 0 Å². The summed E-state index contributed by atoms with van der Waals surface area (Å²) < 4.78 is 2.24. The van der Waals surface area contributed by atoms with Crippen molar-refractivity contribution in [1.82, 2.24) is 4.57 Å². The average molecular weight is 371 g/mol. The van der Waals surface area contributed by atoms with Crippen LogP contribution in [0.4, 0.5) is 5.69 Å². The van der Waals surface area contributed by atoms with E-state index in [4.69, 9.17) is 4.99 Å². The number of hydrogen-bond donors (Lipinski definition) is 0. The zero-order valence-electron chi connectivity index (χ0n) is 15.8. The lowest BCUT2D eigenvalue weighted by Crippen LogP contribution is -2.14. The summed E-state index contributed by atoms with van der Waals surface area (Å²) in [4.78, 5) is 7.14. The van der Waals surface area contributed by atoms with E-state index in [1.165, 1.54) is 32.8 Å². The Morgan fingerprint density at radius 3 is 2.00 bits per heavy atom. The predicted octanol–water partition coefficient (Wildman–Crippen LogP) is 6.36. The van der Waals surface area contributed by atoms with Crippen molar-refractivity contribution in [2.75, 3.05) is 0 Å². The number of nitrogens with zero attached hydrogens (tertiary/aromatic N) is 2. The molecule has 0 spiro atoms. The van der Waals surface area contributed by atoms with Gasteiger partial charge in [-0.25, -0.2) is 4.99 Å². The Bertz CT molecular complexity index is 1110. The van der Waals surface area contributed by atoms with Gasteiger partial charge in [-0.15, -0.1) is 0 Å². The van der Waals surface area contributed by atoms with Crippen molar-refractivity contribution < 1.29 is 0 Å². The smallest absolute Gasteiger partial charge is 0.195 e. The molecule has 0 aliphatic rings. The van der Waals surface area contributed by atoms with E-state index in [-0.39, 0.29) is 0 Å². The van der Waals surface area contributed by atoms with Crippen molar-refractivity contribution in [3.05, 3.63) is 100 Å². The summed E-state index contributed by atoms with van der Waals surface area (Å²) in [6, 6.07) is 25.1. The first-order valence-corrected chi connectivity index (χ1v) is 9.89. The molecule has 134 valence electrons. The van der Waals surface area contributed by atoms with Crippen LogP contribution in [0.15, 0.2) is 84.0 Å². The molecule has 0 amide bonds. The van der Waals surface area contributed by atoms with Crippen molar-refractivity contribution >= 4 is 17.0 Å². The lowest BCUT2D eigenvalue weighted by molar-refractivity contribution is 0.976. The largest absolute Gasteiger partial charge is 0.291 e. The van der Waals surface area contributed by atoms with Gasteiger partial charge in [-0.05, 0) is 49.6 Å². The SMILES string of the molecule is Cc1cc(C)c(-n2cc(-c3ccccc3)sc2=Nc2ccccc2)c(C)c1. The quantitative estimate of drug-likeness (QED) is 0.399. The zero-order valence-corrected chi connectivity index (χ0v) is 16.6. The van der Waals surface area contributed by atoms with Gasteiger partial charge in [-0.1, -0.05) is 77.6 Å². The monoisotopic (exact) mass is 370 g/mol. The van der Waals surface area contributed by atoms with E-state index in [1.807, 2.05) is 30.3 Å². The van der Waals surface area contributed by atoms with Crippen molar-refractivity contribution in [2.24, 2.45) is 4.99 Å². The molecule has 0 saturated carbocycles. The van der Waals surface area contributed by atoms with Crippen LogP contribution in [0.5, 0.6) is 0 Å². The molecule has 4 rings (SSSR count). The molecule has 0 saturated heterocycles. The van der Waals surface area contributed by atoms with Crippen LogP contribution in [-0.4, -0.2) is 4.57 Å². The maximum Gasteiger partial charge on any atom is 0.195 e. The van der Waals surface area contributed by atoms with Crippen LogP contribution < -0.4 is 4.80 Å². The minimum atomic E-state index is 0.968. The average Bonchev–Trinajstić information content (AvgIpc) is 3.06. The van der Waals surface area contributed by atoms with Crippen LogP contribution >= 0.6 is 11.3 Å². The topological polar surface area (TPSA) is 17.3 Å². The first-order valence-electron chi connectivity index (χ1n) is 9.08. The van der Waals surface area contributed by atoms with Crippen LogP contribution in [0.3, 0.4) is 0 Å². The molecule has 0 aliphatic heterocycles. The number of benzene rings is 3. The molecule has 4 aromatic rings. The van der Waals surface area contributed by atoms with Gasteiger partial charge in [0.25, 0.3) is 0 Å². The fraction of sp³-hybridized carbons (Fsp3) is 0.125. The maximum atomic E-state index is 4.95. The lowest BCUT2D eigenvalue weighted by Gasteiger charge is -2.12. The molecule has 0 bridgehead atoms. The minimum Gasteiger partial charge on any atom is -0.291 e. The normalized spacial score (nSPS) is 11.7. The molecule has 27 heavy (non-hydrogen) atoms. The van der Waals surface area contributed by atoms with Crippen LogP contribution in [0, 0.1) is 20.8 Å². The Morgan fingerprint density at radius 1 is 0.778 bits per heavy atom. The molecule has 2 nitrogen and oxygen atoms in total. The fourth-order valence-corrected chi connectivity index (χ4v) is 4.49. The van der Waals surface area contributed by atoms with Gasteiger partial charge in [0.2, 0.25) is 0 Å². The Kier molecular flexibility index (Phi) is 4.78. The number of thiazole rings is 1. The summed E-state index contributed by atoms with van der Waals surface area (Å²) in [7, 11) is 0. The highest BCUT2D eigenvalue weighted by Crippen LogP contribution is 2.27. The van der Waals surface area contributed by atoms with Gasteiger partial charge in [0.1, 0.15) is 0 Å². The second kappa shape index (κ2) is 7.37. The fourth-order valence-electron chi connectivity index (χ4n) is 3.48. The molecule has 0 unspecified atom stereocenters. The molecular weight excluding hydrogens is 348 g/mol. The van der Waals surface area contributed by atoms with Gasteiger partial charge in [0, 0.05) is 6.20 Å². The van der Waals surface area contributed by atoms with E-state index in [0.717, 1.165) is 10.5 Å². The first-order chi connectivity index (χ1) is 13.1. The van der Waals surface area contributed by atoms with Gasteiger partial charge < -0.3 is 0 Å². The van der Waals surface area contributed by atoms with Crippen molar-refractivity contribution in [3.8, 4) is 16.1 Å². The van der Waals surface area contributed by atoms with Crippen molar-refractivity contribution in [1.29, 1.82) is 0 Å². The van der Waals surface area contributed by atoms with Gasteiger partial charge >= 0.3 is 0 Å². The van der Waals surface area contributed by atoms with Crippen molar-refractivity contribution in [2.45, 2.75) is 20.8 Å². The highest BCUT2D eigenvalue weighted by atomic mass is 32.1. The Hall–Kier alpha value is -2.91. The molecule has 0 atom stereocenters. The number of aryl methyl sites for hydroxylation is 3. The summed E-state index contributed by atoms with van der Waals surface area (Å²) in [6.45, 7) is 6.50. The highest BCUT2D eigenvalue weighted by molar-refractivity contribution is 7.12. The molecule has 1 heterocycles. The molecular formula is C24H22N2S. The number of hydrogen-bond acceptors (Lipinski definition) is 2. The number of rotatable bonds is 3. The second-order valence-electron chi connectivity index (χ2n) is 6.81. The Morgan fingerprint density at radius 2 is 1.37 bits per heavy atom. The van der Waals surface area contributed by atoms with Crippen LogP contribution in [0.1, 0.15) is 16.7 Å². The third kappa shape index (κ3) is 3.64. The predicted molar refractivity (Wildman–Crippen MR) is 115 cm³/mol. The first kappa shape index (κ1) is 17.5. The third-order valence-electron chi connectivity index (χ3n) is 4.57. The third-order valence-corrected chi connectivity index (χ3v) is 5.60. The van der Waals surface area contributed by atoms with Gasteiger partial charge in [0.15, 0.2) is 4.80 Å². The molecule has 0 N–H and O–H groups in total. The summed E-state index contributed by atoms with van der Waals surface area (Å²) in [5, 5.41) is 0.